The van der Waals surface area contributed by atoms with Gasteiger partial charge in [-0.2, -0.15) is 26.3 Å². The van der Waals surface area contributed by atoms with Gasteiger partial charge in [-0.05, 0) is 26.2 Å². The Kier molecular flexibility index (Phi) is 9.87. The fraction of sp³-hybridized carbons (Fsp3) is 1.00. The van der Waals surface area contributed by atoms with Crippen molar-refractivity contribution in [3.8, 4) is 0 Å². The molecule has 0 fully saturated rings. The SMILES string of the molecule is CCC(CC)(CC)C(OC(C)OC)PN(S(=O)(=O)C(F)(F)F)S(=O)(=O)C(F)(F)F. The summed E-state index contributed by atoms with van der Waals surface area (Å²) in [6.07, 6.45) is -0.652. The van der Waals surface area contributed by atoms with Gasteiger partial charge in [-0.3, -0.25) is 0 Å². The number of ether oxygens (including phenoxy) is 2. The smallest absolute Gasteiger partial charge is 0.356 e. The van der Waals surface area contributed by atoms with Crippen molar-refractivity contribution in [1.29, 1.82) is 0 Å². The zero-order valence-electron chi connectivity index (χ0n) is 16.3. The predicted octanol–water partition coefficient (Wildman–Crippen LogP) is 4.13. The fourth-order valence-corrected chi connectivity index (χ4v) is 7.97. The Hall–Kier alpha value is -0.210. The summed E-state index contributed by atoms with van der Waals surface area (Å²) in [5.41, 5.74) is -13.7. The zero-order valence-corrected chi connectivity index (χ0v) is 18.9. The molecule has 0 aliphatic rings. The van der Waals surface area contributed by atoms with Crippen LogP contribution in [-0.2, 0) is 29.5 Å². The van der Waals surface area contributed by atoms with Crippen molar-refractivity contribution in [2.75, 3.05) is 7.11 Å². The third-order valence-corrected chi connectivity index (χ3v) is 11.1. The Morgan fingerprint density at radius 3 is 1.45 bits per heavy atom. The van der Waals surface area contributed by atoms with Gasteiger partial charge >= 0.3 is 31.1 Å². The van der Waals surface area contributed by atoms with Crippen LogP contribution in [0.4, 0.5) is 26.3 Å². The first kappa shape index (κ1) is 28.8. The average molecular weight is 499 g/mol. The quantitative estimate of drug-likeness (QED) is 0.241. The third kappa shape index (κ3) is 6.16. The first-order chi connectivity index (χ1) is 12.9. The van der Waals surface area contributed by atoms with Crippen molar-refractivity contribution in [3.63, 3.8) is 0 Å². The molecule has 16 heteroatoms. The van der Waals surface area contributed by atoms with E-state index in [9.17, 15) is 43.2 Å². The minimum Gasteiger partial charge on any atom is -0.356 e. The molecule has 0 aromatic carbocycles. The van der Waals surface area contributed by atoms with Gasteiger partial charge in [-0.15, -0.1) is 0 Å². The lowest BCUT2D eigenvalue weighted by molar-refractivity contribution is -0.151. The Morgan fingerprint density at radius 1 is 0.862 bits per heavy atom. The molecule has 0 aliphatic carbocycles. The Labute approximate surface area is 168 Å². The second-order valence-corrected chi connectivity index (χ2v) is 11.6. The lowest BCUT2D eigenvalue weighted by Gasteiger charge is -2.41. The van der Waals surface area contributed by atoms with Crippen molar-refractivity contribution in [1.82, 2.24) is 3.48 Å². The number of hydrogen-bond acceptors (Lipinski definition) is 6. The van der Waals surface area contributed by atoms with Crippen LogP contribution < -0.4 is 0 Å². The van der Waals surface area contributed by atoms with Gasteiger partial charge in [-0.25, -0.2) is 16.8 Å². The van der Waals surface area contributed by atoms with E-state index in [1.807, 2.05) is 0 Å². The van der Waals surface area contributed by atoms with Crippen molar-refractivity contribution in [2.45, 2.75) is 70.1 Å². The van der Waals surface area contributed by atoms with Crippen molar-refractivity contribution in [3.05, 3.63) is 0 Å². The molecule has 176 valence electrons. The molecule has 0 radical (unpaired) electrons. The van der Waals surface area contributed by atoms with Crippen LogP contribution in [0.2, 0.25) is 0 Å². The van der Waals surface area contributed by atoms with Gasteiger partial charge in [0.2, 0.25) is 0 Å². The third-order valence-electron chi connectivity index (χ3n) is 4.57. The van der Waals surface area contributed by atoms with Crippen LogP contribution in [-0.4, -0.2) is 50.6 Å². The molecular formula is C13H24F6NO6PS2. The van der Waals surface area contributed by atoms with Gasteiger partial charge in [0.05, 0.1) is 5.85 Å². The normalized spacial score (nSPS) is 17.2. The highest BCUT2D eigenvalue weighted by Crippen LogP contribution is 2.51. The van der Waals surface area contributed by atoms with Crippen LogP contribution in [0.5, 0.6) is 0 Å². The molecule has 29 heavy (non-hydrogen) atoms. The molecular weight excluding hydrogens is 475 g/mol. The minimum absolute atomic E-state index is 0.167. The number of hydrogen-bond donors (Lipinski definition) is 0. The van der Waals surface area contributed by atoms with E-state index < -0.39 is 60.8 Å². The van der Waals surface area contributed by atoms with Crippen LogP contribution in [0.3, 0.4) is 0 Å². The second kappa shape index (κ2) is 9.94. The first-order valence-electron chi connectivity index (χ1n) is 8.25. The number of sulfonamides is 2. The topological polar surface area (TPSA) is 90.0 Å². The molecule has 7 nitrogen and oxygen atoms in total. The summed E-state index contributed by atoms with van der Waals surface area (Å²) >= 11 is 0. The lowest BCUT2D eigenvalue weighted by Crippen LogP contribution is -2.47. The van der Waals surface area contributed by atoms with E-state index in [0.29, 0.717) is 0 Å². The van der Waals surface area contributed by atoms with Gasteiger partial charge in [0, 0.05) is 21.3 Å². The molecule has 0 saturated carbocycles. The van der Waals surface area contributed by atoms with Crippen LogP contribution in [0, 0.1) is 5.41 Å². The molecule has 0 amide bonds. The van der Waals surface area contributed by atoms with Gasteiger partial charge in [-0.1, -0.05) is 24.3 Å². The largest absolute Gasteiger partial charge is 0.512 e. The Bertz CT molecular complexity index is 684. The Morgan fingerprint density at radius 2 is 1.21 bits per heavy atom. The van der Waals surface area contributed by atoms with E-state index in [0.717, 1.165) is 7.11 Å². The average Bonchev–Trinajstić information content (AvgIpc) is 2.58. The van der Waals surface area contributed by atoms with E-state index in [1.54, 1.807) is 20.8 Å². The molecule has 0 aliphatic heterocycles. The molecule has 0 saturated heterocycles. The molecule has 0 aromatic heterocycles. The summed E-state index contributed by atoms with van der Waals surface area (Å²) in [7, 11) is -14.7. The zero-order chi connectivity index (χ0) is 23.5. The maximum atomic E-state index is 13.0. The molecule has 0 spiro atoms. The van der Waals surface area contributed by atoms with Gasteiger partial charge in [0.1, 0.15) is 0 Å². The number of alkyl halides is 6. The molecule has 0 heterocycles. The predicted molar refractivity (Wildman–Crippen MR) is 94.8 cm³/mol. The van der Waals surface area contributed by atoms with E-state index in [2.05, 4.69) is 0 Å². The first-order valence-corrected chi connectivity index (χ1v) is 12.2. The van der Waals surface area contributed by atoms with Crippen LogP contribution >= 0.6 is 8.73 Å². The minimum atomic E-state index is -6.88. The summed E-state index contributed by atoms with van der Waals surface area (Å²) in [5, 5.41) is 0. The molecule has 0 aromatic rings. The summed E-state index contributed by atoms with van der Waals surface area (Å²) in [6.45, 7) is 6.01. The van der Waals surface area contributed by atoms with Crippen LogP contribution in [0.25, 0.3) is 0 Å². The van der Waals surface area contributed by atoms with Crippen molar-refractivity contribution in [2.24, 2.45) is 5.41 Å². The number of halogens is 6. The van der Waals surface area contributed by atoms with Gasteiger partial charge in [0.25, 0.3) is 0 Å². The molecule has 0 bridgehead atoms. The number of rotatable bonds is 11. The fourth-order valence-electron chi connectivity index (χ4n) is 2.42. The number of nitrogens with zero attached hydrogens (tertiary/aromatic N) is 1. The Balaban J connectivity index is 6.71. The highest BCUT2D eigenvalue weighted by molar-refractivity contribution is 8.09. The lowest BCUT2D eigenvalue weighted by atomic mass is 9.80. The van der Waals surface area contributed by atoms with Gasteiger partial charge < -0.3 is 9.47 Å². The van der Waals surface area contributed by atoms with E-state index in [1.165, 1.54) is 6.92 Å². The van der Waals surface area contributed by atoms with E-state index >= 15 is 0 Å². The summed E-state index contributed by atoms with van der Waals surface area (Å²) in [5.74, 6) is -1.62. The second-order valence-electron chi connectivity index (χ2n) is 5.97. The van der Waals surface area contributed by atoms with Crippen molar-refractivity contribution >= 4 is 28.8 Å². The van der Waals surface area contributed by atoms with Crippen LogP contribution in [0.15, 0.2) is 0 Å². The summed E-state index contributed by atoms with van der Waals surface area (Å²) in [6, 6.07) is 0. The van der Waals surface area contributed by atoms with Gasteiger partial charge in [0.15, 0.2) is 6.29 Å². The monoisotopic (exact) mass is 499 g/mol. The highest BCUT2D eigenvalue weighted by atomic mass is 32.3. The summed E-state index contributed by atoms with van der Waals surface area (Å²) in [4.78, 5) is 0. The molecule has 0 rings (SSSR count). The maximum absolute atomic E-state index is 13.0. The standard InChI is InChI=1S/C13H24F6NO6PS2/c1-6-11(7-2,8-3)10(26-9(4)25-5)27-20(28(21,22)12(14,15)16)29(23,24)13(17,18)19/h9-10,27H,6-8H2,1-5H3. The van der Waals surface area contributed by atoms with E-state index in [4.69, 9.17) is 9.47 Å². The molecule has 3 unspecified atom stereocenters. The highest BCUT2D eigenvalue weighted by Gasteiger charge is 2.62. The molecule has 3 atom stereocenters. The maximum Gasteiger partial charge on any atom is 0.512 e. The summed E-state index contributed by atoms with van der Waals surface area (Å²) < 4.78 is 134. The van der Waals surface area contributed by atoms with E-state index in [-0.39, 0.29) is 19.3 Å². The molecule has 0 N–H and O–H groups in total. The number of methoxy groups -OCH3 is 1. The van der Waals surface area contributed by atoms with Crippen LogP contribution in [0.1, 0.15) is 47.0 Å². The van der Waals surface area contributed by atoms with Crippen molar-refractivity contribution < 1.29 is 52.7 Å².